The lowest BCUT2D eigenvalue weighted by Gasteiger charge is -2.29. The van der Waals surface area contributed by atoms with Crippen LogP contribution in [0.1, 0.15) is 17.5 Å². The van der Waals surface area contributed by atoms with Gasteiger partial charge in [-0.2, -0.15) is 18.3 Å². The van der Waals surface area contributed by atoms with Crippen molar-refractivity contribution in [3.05, 3.63) is 75.2 Å². The molecule has 1 unspecified atom stereocenters. The Kier molecular flexibility index (Phi) is 4.78. The van der Waals surface area contributed by atoms with E-state index in [-0.39, 0.29) is 11.3 Å². The van der Waals surface area contributed by atoms with Gasteiger partial charge in [-0.15, -0.1) is 0 Å². The molecule has 0 saturated carbocycles. The Balaban J connectivity index is 1.67. The van der Waals surface area contributed by atoms with Gasteiger partial charge in [-0.25, -0.2) is 9.67 Å². The number of hydrogen-bond donors (Lipinski definition) is 0. The van der Waals surface area contributed by atoms with Gasteiger partial charge in [0.1, 0.15) is 12.7 Å². The molecule has 0 spiro atoms. The third-order valence-electron chi connectivity index (χ3n) is 4.40. The van der Waals surface area contributed by atoms with Crippen molar-refractivity contribution in [1.82, 2.24) is 14.8 Å². The highest BCUT2D eigenvalue weighted by atomic mass is 79.9. The topological polar surface area (TPSA) is 52.3 Å². The van der Waals surface area contributed by atoms with Gasteiger partial charge in [-0.1, -0.05) is 49.1 Å². The lowest BCUT2D eigenvalue weighted by atomic mass is 9.86. The molecular formula is C18H11Br2F3N4O. The molecule has 0 saturated heterocycles. The molecule has 2 heterocycles. The van der Waals surface area contributed by atoms with Crippen molar-refractivity contribution in [3.8, 4) is 5.69 Å². The molecule has 0 bridgehead atoms. The van der Waals surface area contributed by atoms with Crippen molar-refractivity contribution in [2.75, 3.05) is 0 Å². The van der Waals surface area contributed by atoms with E-state index < -0.39 is 18.2 Å². The second-order valence-electron chi connectivity index (χ2n) is 6.18. The van der Waals surface area contributed by atoms with Crippen LogP contribution < -0.4 is 0 Å². The second kappa shape index (κ2) is 7.00. The van der Waals surface area contributed by atoms with E-state index in [0.29, 0.717) is 14.5 Å². The van der Waals surface area contributed by atoms with E-state index in [9.17, 15) is 13.2 Å². The van der Waals surface area contributed by atoms with E-state index in [2.05, 4.69) is 47.1 Å². The van der Waals surface area contributed by atoms with Crippen LogP contribution in [0.15, 0.2) is 69.2 Å². The Morgan fingerprint density at radius 2 is 1.71 bits per heavy atom. The Labute approximate surface area is 174 Å². The molecule has 0 amide bonds. The van der Waals surface area contributed by atoms with Gasteiger partial charge >= 0.3 is 6.18 Å². The summed E-state index contributed by atoms with van der Waals surface area (Å²) in [5.41, 5.74) is -1.07. The van der Waals surface area contributed by atoms with Crippen molar-refractivity contribution in [3.63, 3.8) is 0 Å². The number of benzene rings is 2. The van der Waals surface area contributed by atoms with E-state index in [1.54, 1.807) is 35.0 Å². The van der Waals surface area contributed by atoms with Crippen LogP contribution in [0.25, 0.3) is 5.69 Å². The molecule has 1 aromatic heterocycles. The van der Waals surface area contributed by atoms with E-state index in [4.69, 9.17) is 4.84 Å². The molecule has 4 rings (SSSR count). The zero-order valence-electron chi connectivity index (χ0n) is 14.0. The van der Waals surface area contributed by atoms with Crippen molar-refractivity contribution < 1.29 is 18.0 Å². The quantitative estimate of drug-likeness (QED) is 0.471. The van der Waals surface area contributed by atoms with Crippen LogP contribution in [0.4, 0.5) is 13.2 Å². The summed E-state index contributed by atoms with van der Waals surface area (Å²) in [6, 6.07) is 11.3. The first-order valence-corrected chi connectivity index (χ1v) is 9.61. The summed E-state index contributed by atoms with van der Waals surface area (Å²) in [5.74, 6) is 0. The van der Waals surface area contributed by atoms with Crippen LogP contribution in [0.3, 0.4) is 0 Å². The standard InChI is InChI=1S/C18H11Br2F3N4O/c19-13-5-12(6-14(20)7-13)17(18(21,22)23)8-16(26-28-17)11-1-3-15(4-2-11)27-10-24-9-25-27/h1-7,9-10H,8H2. The van der Waals surface area contributed by atoms with Crippen molar-refractivity contribution in [2.45, 2.75) is 18.2 Å². The molecule has 28 heavy (non-hydrogen) atoms. The van der Waals surface area contributed by atoms with E-state index in [0.717, 1.165) is 5.69 Å². The number of oxime groups is 1. The first-order valence-electron chi connectivity index (χ1n) is 8.02. The van der Waals surface area contributed by atoms with Gasteiger partial charge in [0.2, 0.25) is 0 Å². The molecule has 144 valence electrons. The van der Waals surface area contributed by atoms with Crippen LogP contribution >= 0.6 is 31.9 Å². The first-order chi connectivity index (χ1) is 13.3. The van der Waals surface area contributed by atoms with Gasteiger partial charge in [0.15, 0.2) is 0 Å². The molecule has 1 atom stereocenters. The fourth-order valence-corrected chi connectivity index (χ4v) is 4.29. The average Bonchev–Trinajstić information content (AvgIpc) is 3.31. The zero-order valence-corrected chi connectivity index (χ0v) is 17.2. The number of halogens is 5. The normalized spacial score (nSPS) is 19.4. The van der Waals surface area contributed by atoms with Gasteiger partial charge in [-0.05, 0) is 35.9 Å². The molecule has 10 heteroatoms. The van der Waals surface area contributed by atoms with Crippen LogP contribution in [0.2, 0.25) is 0 Å². The summed E-state index contributed by atoms with van der Waals surface area (Å²) in [6.07, 6.45) is -2.15. The Bertz CT molecular complexity index is 1020. The summed E-state index contributed by atoms with van der Waals surface area (Å²) in [7, 11) is 0. The van der Waals surface area contributed by atoms with Crippen molar-refractivity contribution in [2.24, 2.45) is 5.16 Å². The fourth-order valence-electron chi connectivity index (χ4n) is 2.99. The highest BCUT2D eigenvalue weighted by Crippen LogP contribution is 2.49. The van der Waals surface area contributed by atoms with Gasteiger partial charge in [-0.3, -0.25) is 0 Å². The Morgan fingerprint density at radius 3 is 2.29 bits per heavy atom. The molecule has 0 aliphatic carbocycles. The monoisotopic (exact) mass is 514 g/mol. The molecule has 5 nitrogen and oxygen atoms in total. The molecule has 0 radical (unpaired) electrons. The van der Waals surface area contributed by atoms with Crippen LogP contribution in [-0.4, -0.2) is 26.7 Å². The molecule has 0 fully saturated rings. The van der Waals surface area contributed by atoms with Crippen molar-refractivity contribution >= 4 is 37.6 Å². The van der Waals surface area contributed by atoms with Gasteiger partial charge in [0, 0.05) is 20.9 Å². The predicted octanol–water partition coefficient (Wildman–Crippen LogP) is 5.37. The van der Waals surface area contributed by atoms with E-state index in [1.165, 1.54) is 24.8 Å². The average molecular weight is 516 g/mol. The minimum Gasteiger partial charge on any atom is -0.374 e. The third-order valence-corrected chi connectivity index (χ3v) is 5.31. The summed E-state index contributed by atoms with van der Waals surface area (Å²) in [4.78, 5) is 8.93. The smallest absolute Gasteiger partial charge is 0.374 e. The maximum Gasteiger partial charge on any atom is 0.435 e. The molecule has 1 aliphatic heterocycles. The largest absolute Gasteiger partial charge is 0.435 e. The fraction of sp³-hybridized carbons (Fsp3) is 0.167. The van der Waals surface area contributed by atoms with Gasteiger partial charge in [0.25, 0.3) is 5.60 Å². The molecule has 1 aliphatic rings. The van der Waals surface area contributed by atoms with Crippen LogP contribution in [0.5, 0.6) is 0 Å². The summed E-state index contributed by atoms with van der Waals surface area (Å²) in [6.45, 7) is 0. The third kappa shape index (κ3) is 3.35. The lowest BCUT2D eigenvalue weighted by molar-refractivity contribution is -0.275. The minimum absolute atomic E-state index is 0.0285. The molecule has 0 N–H and O–H groups in total. The second-order valence-corrected chi connectivity index (χ2v) is 8.01. The SMILES string of the molecule is FC(F)(F)C1(c2cc(Br)cc(Br)c2)CC(c2ccc(-n3cncn3)cc2)=NO1. The summed E-state index contributed by atoms with van der Waals surface area (Å²) in [5, 5.41) is 7.80. The zero-order chi connectivity index (χ0) is 19.9. The van der Waals surface area contributed by atoms with Crippen LogP contribution in [0, 0.1) is 0 Å². The first kappa shape index (κ1) is 19.1. The van der Waals surface area contributed by atoms with Gasteiger partial charge in [0.05, 0.1) is 11.4 Å². The number of rotatable bonds is 3. The number of alkyl halides is 3. The minimum atomic E-state index is -4.65. The van der Waals surface area contributed by atoms with Crippen molar-refractivity contribution in [1.29, 1.82) is 0 Å². The molecule has 3 aromatic rings. The van der Waals surface area contributed by atoms with E-state index >= 15 is 0 Å². The molecular weight excluding hydrogens is 505 g/mol. The molecule has 2 aromatic carbocycles. The van der Waals surface area contributed by atoms with Gasteiger partial charge < -0.3 is 4.84 Å². The lowest BCUT2D eigenvalue weighted by Crippen LogP contribution is -2.42. The maximum atomic E-state index is 14.1. The van der Waals surface area contributed by atoms with Crippen LogP contribution in [-0.2, 0) is 10.4 Å². The van der Waals surface area contributed by atoms with E-state index in [1.807, 2.05) is 0 Å². The highest BCUT2D eigenvalue weighted by Gasteiger charge is 2.62. The summed E-state index contributed by atoms with van der Waals surface area (Å²) < 4.78 is 44.7. The summed E-state index contributed by atoms with van der Waals surface area (Å²) >= 11 is 6.47. The maximum absolute atomic E-state index is 14.1. The highest BCUT2D eigenvalue weighted by molar-refractivity contribution is 9.11. The predicted molar refractivity (Wildman–Crippen MR) is 103 cm³/mol. The number of hydrogen-bond acceptors (Lipinski definition) is 4. The Morgan fingerprint density at radius 1 is 1.04 bits per heavy atom. The Hall–Kier alpha value is -2.20. The number of nitrogens with zero attached hydrogens (tertiary/aromatic N) is 4. The number of aromatic nitrogens is 3.